The van der Waals surface area contributed by atoms with Gasteiger partial charge in [0.2, 0.25) is 0 Å². The fourth-order valence-corrected chi connectivity index (χ4v) is 2.71. The summed E-state index contributed by atoms with van der Waals surface area (Å²) in [5.74, 6) is 1.20. The van der Waals surface area contributed by atoms with E-state index in [9.17, 15) is 0 Å². The molecule has 0 unspecified atom stereocenters. The van der Waals surface area contributed by atoms with E-state index in [1.807, 2.05) is 0 Å². The zero-order valence-electron chi connectivity index (χ0n) is 8.49. The highest BCUT2D eigenvalue weighted by Gasteiger charge is 2.31. The van der Waals surface area contributed by atoms with Gasteiger partial charge in [-0.3, -0.25) is 4.99 Å². The largest absolute Gasteiger partial charge is 0.352 e. The standard InChI is InChI=1S/C12H13BrN2/c13-10-5-3-9(4-6-10)12-14-8-11-2-1-7-15(11)12/h3-6,11H,1-2,7-8H2/t11-/m0/s1. The van der Waals surface area contributed by atoms with Crippen molar-refractivity contribution in [2.75, 3.05) is 13.1 Å². The van der Waals surface area contributed by atoms with Gasteiger partial charge >= 0.3 is 0 Å². The van der Waals surface area contributed by atoms with Crippen molar-refractivity contribution in [3.63, 3.8) is 0 Å². The fraction of sp³-hybridized carbons (Fsp3) is 0.417. The summed E-state index contributed by atoms with van der Waals surface area (Å²) in [4.78, 5) is 7.11. The molecule has 0 amide bonds. The number of benzene rings is 1. The Kier molecular flexibility index (Phi) is 2.28. The Balaban J connectivity index is 1.91. The van der Waals surface area contributed by atoms with Crippen molar-refractivity contribution < 1.29 is 0 Å². The molecule has 2 nitrogen and oxygen atoms in total. The van der Waals surface area contributed by atoms with Gasteiger partial charge in [0.05, 0.1) is 12.6 Å². The van der Waals surface area contributed by atoms with Crippen molar-refractivity contribution in [2.45, 2.75) is 18.9 Å². The molecule has 1 aromatic carbocycles. The number of halogens is 1. The first-order chi connectivity index (χ1) is 7.34. The maximum Gasteiger partial charge on any atom is 0.131 e. The van der Waals surface area contributed by atoms with E-state index in [4.69, 9.17) is 0 Å². The van der Waals surface area contributed by atoms with E-state index in [2.05, 4.69) is 50.1 Å². The summed E-state index contributed by atoms with van der Waals surface area (Å²) in [5.41, 5.74) is 1.25. The highest BCUT2D eigenvalue weighted by atomic mass is 79.9. The number of amidine groups is 1. The Bertz CT molecular complexity index is 397. The molecule has 0 saturated carbocycles. The number of hydrogen-bond donors (Lipinski definition) is 0. The van der Waals surface area contributed by atoms with Gasteiger partial charge in [-0.25, -0.2) is 0 Å². The second kappa shape index (κ2) is 3.63. The number of fused-ring (bicyclic) bond motifs is 1. The van der Waals surface area contributed by atoms with Gasteiger partial charge in [-0.05, 0) is 25.0 Å². The molecule has 15 heavy (non-hydrogen) atoms. The van der Waals surface area contributed by atoms with Crippen LogP contribution >= 0.6 is 15.9 Å². The van der Waals surface area contributed by atoms with Crippen LogP contribution in [-0.4, -0.2) is 29.9 Å². The Morgan fingerprint density at radius 2 is 2.07 bits per heavy atom. The minimum atomic E-state index is 0.684. The summed E-state index contributed by atoms with van der Waals surface area (Å²) in [6.45, 7) is 2.17. The van der Waals surface area contributed by atoms with Gasteiger partial charge < -0.3 is 4.90 Å². The van der Waals surface area contributed by atoms with Gasteiger partial charge in [0.15, 0.2) is 0 Å². The highest BCUT2D eigenvalue weighted by molar-refractivity contribution is 9.10. The summed E-state index contributed by atoms with van der Waals surface area (Å²) in [6, 6.07) is 9.14. The monoisotopic (exact) mass is 264 g/mol. The lowest BCUT2D eigenvalue weighted by molar-refractivity contribution is 0.431. The minimum absolute atomic E-state index is 0.684. The van der Waals surface area contributed by atoms with Crippen molar-refractivity contribution in [1.82, 2.24) is 4.90 Å². The molecule has 0 spiro atoms. The van der Waals surface area contributed by atoms with E-state index in [1.54, 1.807) is 0 Å². The zero-order chi connectivity index (χ0) is 10.3. The minimum Gasteiger partial charge on any atom is -0.352 e. The smallest absolute Gasteiger partial charge is 0.131 e. The average molecular weight is 265 g/mol. The van der Waals surface area contributed by atoms with Crippen LogP contribution < -0.4 is 0 Å². The summed E-state index contributed by atoms with van der Waals surface area (Å²) < 4.78 is 1.13. The third-order valence-corrected chi connectivity index (χ3v) is 3.73. The molecule has 0 N–H and O–H groups in total. The van der Waals surface area contributed by atoms with E-state index in [-0.39, 0.29) is 0 Å². The molecule has 2 aliphatic rings. The molecule has 2 heterocycles. The summed E-state index contributed by atoms with van der Waals surface area (Å²) in [5, 5.41) is 0. The third-order valence-electron chi connectivity index (χ3n) is 3.20. The molecular formula is C12H13BrN2. The molecule has 0 aliphatic carbocycles. The molecule has 0 radical (unpaired) electrons. The first kappa shape index (κ1) is 9.40. The van der Waals surface area contributed by atoms with Gasteiger partial charge in [-0.2, -0.15) is 0 Å². The summed E-state index contributed by atoms with van der Waals surface area (Å²) >= 11 is 3.46. The Labute approximate surface area is 98.1 Å². The molecule has 78 valence electrons. The SMILES string of the molecule is Brc1ccc(C2=NC[C@@H]3CCCN23)cc1. The topological polar surface area (TPSA) is 15.6 Å². The Hall–Kier alpha value is -0.830. The molecule has 1 aromatic rings. The molecular weight excluding hydrogens is 252 g/mol. The molecule has 2 aliphatic heterocycles. The van der Waals surface area contributed by atoms with Crippen LogP contribution in [0.25, 0.3) is 0 Å². The van der Waals surface area contributed by atoms with Crippen LogP contribution in [0.1, 0.15) is 18.4 Å². The van der Waals surface area contributed by atoms with Crippen LogP contribution in [0.3, 0.4) is 0 Å². The van der Waals surface area contributed by atoms with Gasteiger partial charge in [-0.1, -0.05) is 28.1 Å². The normalized spacial score (nSPS) is 24.2. The van der Waals surface area contributed by atoms with Crippen LogP contribution in [0.2, 0.25) is 0 Å². The number of nitrogens with zero attached hydrogens (tertiary/aromatic N) is 2. The average Bonchev–Trinajstić information content (AvgIpc) is 2.80. The van der Waals surface area contributed by atoms with Crippen molar-refractivity contribution >= 4 is 21.8 Å². The maximum atomic E-state index is 4.65. The van der Waals surface area contributed by atoms with Gasteiger partial charge in [0, 0.05) is 16.6 Å². The lowest BCUT2D eigenvalue weighted by Gasteiger charge is -2.19. The van der Waals surface area contributed by atoms with E-state index in [0.717, 1.165) is 11.0 Å². The van der Waals surface area contributed by atoms with Crippen molar-refractivity contribution in [1.29, 1.82) is 0 Å². The Morgan fingerprint density at radius 1 is 1.27 bits per heavy atom. The van der Waals surface area contributed by atoms with Gasteiger partial charge in [-0.15, -0.1) is 0 Å². The first-order valence-electron chi connectivity index (χ1n) is 5.41. The van der Waals surface area contributed by atoms with Gasteiger partial charge in [0.1, 0.15) is 5.84 Å². The molecule has 1 saturated heterocycles. The zero-order valence-corrected chi connectivity index (χ0v) is 10.1. The molecule has 0 bridgehead atoms. The second-order valence-electron chi connectivity index (χ2n) is 4.16. The van der Waals surface area contributed by atoms with Crippen LogP contribution in [0, 0.1) is 0 Å². The van der Waals surface area contributed by atoms with E-state index in [1.165, 1.54) is 30.8 Å². The van der Waals surface area contributed by atoms with Crippen LogP contribution in [0.4, 0.5) is 0 Å². The quantitative estimate of drug-likeness (QED) is 0.762. The van der Waals surface area contributed by atoms with Crippen molar-refractivity contribution in [3.05, 3.63) is 34.3 Å². The van der Waals surface area contributed by atoms with Crippen molar-refractivity contribution in [3.8, 4) is 0 Å². The van der Waals surface area contributed by atoms with E-state index in [0.29, 0.717) is 6.04 Å². The molecule has 0 aromatic heterocycles. The number of hydrogen-bond acceptors (Lipinski definition) is 2. The predicted molar refractivity (Wildman–Crippen MR) is 65.3 cm³/mol. The molecule has 1 atom stereocenters. The van der Waals surface area contributed by atoms with E-state index < -0.39 is 0 Å². The summed E-state index contributed by atoms with van der Waals surface area (Å²) in [7, 11) is 0. The lowest BCUT2D eigenvalue weighted by atomic mass is 10.2. The van der Waals surface area contributed by atoms with Crippen LogP contribution in [0.5, 0.6) is 0 Å². The predicted octanol–water partition coefficient (Wildman–Crippen LogP) is 2.67. The van der Waals surface area contributed by atoms with Gasteiger partial charge in [0.25, 0.3) is 0 Å². The highest BCUT2D eigenvalue weighted by Crippen LogP contribution is 2.26. The third kappa shape index (κ3) is 1.59. The molecule has 3 heteroatoms. The maximum absolute atomic E-state index is 4.65. The Morgan fingerprint density at radius 3 is 2.87 bits per heavy atom. The first-order valence-corrected chi connectivity index (χ1v) is 6.21. The van der Waals surface area contributed by atoms with E-state index >= 15 is 0 Å². The lowest BCUT2D eigenvalue weighted by Crippen LogP contribution is -2.31. The number of rotatable bonds is 1. The molecule has 1 fully saturated rings. The van der Waals surface area contributed by atoms with Crippen LogP contribution in [0.15, 0.2) is 33.7 Å². The van der Waals surface area contributed by atoms with Crippen molar-refractivity contribution in [2.24, 2.45) is 4.99 Å². The van der Waals surface area contributed by atoms with Crippen LogP contribution in [-0.2, 0) is 0 Å². The molecule has 3 rings (SSSR count). The summed E-state index contributed by atoms with van der Waals surface area (Å²) in [6.07, 6.45) is 2.63. The number of aliphatic imine (C=N–C) groups is 1. The fourth-order valence-electron chi connectivity index (χ4n) is 2.44. The second-order valence-corrected chi connectivity index (χ2v) is 5.08.